The summed E-state index contributed by atoms with van der Waals surface area (Å²) in [6, 6.07) is 5.79. The van der Waals surface area contributed by atoms with Crippen LogP contribution in [-0.2, 0) is 20.5 Å². The molecule has 1 heterocycles. The molecule has 7 nitrogen and oxygen atoms in total. The van der Waals surface area contributed by atoms with Crippen LogP contribution in [0.5, 0.6) is 0 Å². The number of nitrogens with zero attached hydrogens (tertiary/aromatic N) is 2. The van der Waals surface area contributed by atoms with E-state index in [0.29, 0.717) is 0 Å². The Bertz CT molecular complexity index is 1130. The molecule has 0 saturated heterocycles. The molecule has 202 valence electrons. The molecule has 0 spiro atoms. The van der Waals surface area contributed by atoms with E-state index in [-0.39, 0.29) is 48.0 Å². The zero-order valence-corrected chi connectivity index (χ0v) is 21.7. The van der Waals surface area contributed by atoms with Crippen LogP contribution in [0.4, 0.5) is 13.2 Å². The molecule has 0 radical (unpaired) electrons. The Morgan fingerprint density at radius 2 is 1.78 bits per heavy atom. The number of ether oxygens (including phenoxy) is 1. The fraction of sp³-hybridized carbons (Fsp3) is 0.556. The maximum absolute atomic E-state index is 13.8. The summed E-state index contributed by atoms with van der Waals surface area (Å²) >= 11 is 0. The minimum atomic E-state index is -4.57. The third kappa shape index (κ3) is 7.90. The Hall–Kier alpha value is -3.17. The van der Waals surface area contributed by atoms with Crippen molar-refractivity contribution < 1.29 is 32.3 Å². The van der Waals surface area contributed by atoms with Gasteiger partial charge in [-0.25, -0.2) is 0 Å². The Balaban J connectivity index is 1.92. The van der Waals surface area contributed by atoms with E-state index in [4.69, 9.17) is 4.74 Å². The molecule has 1 amide bonds. The number of nitrogens with one attached hydrogen (secondary N) is 1. The van der Waals surface area contributed by atoms with E-state index in [9.17, 15) is 27.6 Å². The molecular weight excluding hydrogens is 487 g/mol. The van der Waals surface area contributed by atoms with Gasteiger partial charge in [-0.05, 0) is 59.1 Å². The zero-order chi connectivity index (χ0) is 27.4. The molecule has 1 aromatic carbocycles. The van der Waals surface area contributed by atoms with Crippen LogP contribution in [0.25, 0.3) is 11.3 Å². The molecule has 0 bridgehead atoms. The van der Waals surface area contributed by atoms with E-state index in [1.165, 1.54) is 35.9 Å². The molecule has 37 heavy (non-hydrogen) atoms. The van der Waals surface area contributed by atoms with Crippen LogP contribution in [0.15, 0.2) is 30.3 Å². The minimum absolute atomic E-state index is 0.0455. The quantitative estimate of drug-likeness (QED) is 0.416. The van der Waals surface area contributed by atoms with Crippen molar-refractivity contribution in [2.24, 2.45) is 0 Å². The molecule has 1 fully saturated rings. The van der Waals surface area contributed by atoms with Gasteiger partial charge >= 0.3 is 12.1 Å². The number of aromatic nitrogens is 2. The van der Waals surface area contributed by atoms with Crippen LogP contribution in [0, 0.1) is 0 Å². The molecule has 3 rings (SSSR count). The molecule has 1 N–H and O–H groups in total. The summed E-state index contributed by atoms with van der Waals surface area (Å²) in [5.74, 6) is -1.25. The number of alkyl halides is 3. The highest BCUT2D eigenvalue weighted by Crippen LogP contribution is 2.40. The van der Waals surface area contributed by atoms with E-state index < -0.39 is 35.3 Å². The van der Waals surface area contributed by atoms with Gasteiger partial charge in [-0.2, -0.15) is 18.3 Å². The van der Waals surface area contributed by atoms with Crippen molar-refractivity contribution in [1.82, 2.24) is 15.1 Å². The topological polar surface area (TPSA) is 90.3 Å². The van der Waals surface area contributed by atoms with Gasteiger partial charge in [0.1, 0.15) is 11.4 Å². The summed E-state index contributed by atoms with van der Waals surface area (Å²) in [5.41, 5.74) is -1.39. The Morgan fingerprint density at radius 1 is 1.14 bits per heavy atom. The van der Waals surface area contributed by atoms with Gasteiger partial charge in [0.2, 0.25) is 0 Å². The number of amides is 1. The van der Waals surface area contributed by atoms with Gasteiger partial charge in [0.15, 0.2) is 5.69 Å². The average molecular weight is 522 g/mol. The van der Waals surface area contributed by atoms with Crippen molar-refractivity contribution in [2.45, 2.75) is 96.5 Å². The number of hydrogen-bond acceptors (Lipinski definition) is 5. The highest BCUT2D eigenvalue weighted by Gasteiger charge is 2.35. The highest BCUT2D eigenvalue weighted by atomic mass is 19.4. The minimum Gasteiger partial charge on any atom is -0.460 e. The van der Waals surface area contributed by atoms with Crippen LogP contribution in [0.3, 0.4) is 0 Å². The SMILES string of the molecule is CC(=O)CC[C@@H](CC(=O)OC(C)(C)C)NC(=O)c1cc(-c2ccccc2C(F)(F)F)n(C2CCCC2)n1. The van der Waals surface area contributed by atoms with Gasteiger partial charge in [0, 0.05) is 18.0 Å². The van der Waals surface area contributed by atoms with Crippen molar-refractivity contribution in [2.75, 3.05) is 0 Å². The number of Topliss-reactive ketones (excluding diaryl/α,β-unsaturated/α-hetero) is 1. The molecule has 1 aromatic heterocycles. The normalized spacial score (nSPS) is 15.4. The van der Waals surface area contributed by atoms with Gasteiger partial charge in [-0.3, -0.25) is 14.3 Å². The largest absolute Gasteiger partial charge is 0.460 e. The summed E-state index contributed by atoms with van der Waals surface area (Å²) < 4.78 is 48.3. The maximum atomic E-state index is 13.8. The lowest BCUT2D eigenvalue weighted by Gasteiger charge is -2.22. The maximum Gasteiger partial charge on any atom is 0.417 e. The summed E-state index contributed by atoms with van der Waals surface area (Å²) in [6.07, 6.45) is -1.00. The molecule has 1 aliphatic carbocycles. The molecule has 0 unspecified atom stereocenters. The van der Waals surface area contributed by atoms with Gasteiger partial charge in [-0.1, -0.05) is 31.0 Å². The summed E-state index contributed by atoms with van der Waals surface area (Å²) in [7, 11) is 0. The lowest BCUT2D eigenvalue weighted by atomic mass is 10.0. The molecule has 2 aromatic rings. The Kier molecular flexibility index (Phi) is 8.81. The molecule has 10 heteroatoms. The Morgan fingerprint density at radius 3 is 2.38 bits per heavy atom. The predicted molar refractivity (Wildman–Crippen MR) is 132 cm³/mol. The van der Waals surface area contributed by atoms with Gasteiger partial charge in [-0.15, -0.1) is 0 Å². The van der Waals surface area contributed by atoms with Crippen LogP contribution < -0.4 is 5.32 Å². The average Bonchev–Trinajstić information content (AvgIpc) is 3.45. The van der Waals surface area contributed by atoms with Crippen LogP contribution in [0.1, 0.15) is 94.7 Å². The van der Waals surface area contributed by atoms with Crippen molar-refractivity contribution in [3.63, 3.8) is 0 Å². The molecule has 0 aliphatic heterocycles. The van der Waals surface area contributed by atoms with Gasteiger partial charge in [0.05, 0.1) is 23.7 Å². The second kappa shape index (κ2) is 11.5. The van der Waals surface area contributed by atoms with E-state index >= 15 is 0 Å². The zero-order valence-electron chi connectivity index (χ0n) is 21.7. The smallest absolute Gasteiger partial charge is 0.417 e. The third-order valence-corrected chi connectivity index (χ3v) is 6.16. The molecule has 1 aliphatic rings. The number of ketones is 1. The van der Waals surface area contributed by atoms with Crippen molar-refractivity contribution in [3.8, 4) is 11.3 Å². The third-order valence-electron chi connectivity index (χ3n) is 6.16. The lowest BCUT2D eigenvalue weighted by molar-refractivity contribution is -0.155. The summed E-state index contributed by atoms with van der Waals surface area (Å²) in [5, 5.41) is 7.18. The second-order valence-electron chi connectivity index (χ2n) is 10.5. The monoisotopic (exact) mass is 521 g/mol. The van der Waals surface area contributed by atoms with Crippen LogP contribution in [0.2, 0.25) is 0 Å². The fourth-order valence-corrected chi connectivity index (χ4v) is 4.53. The van der Waals surface area contributed by atoms with Crippen molar-refractivity contribution in [1.29, 1.82) is 0 Å². The number of carbonyl (C=O) groups excluding carboxylic acids is 3. The number of esters is 1. The van der Waals surface area contributed by atoms with E-state index in [2.05, 4.69) is 10.4 Å². The standard InChI is InChI=1S/C27H34F3N3O4/c1-17(34)13-14-18(15-24(35)37-26(2,3)4)31-25(36)22-16-23(33(32-22)19-9-5-6-10-19)20-11-7-8-12-21(20)27(28,29)30/h7-8,11-12,16,18-19H,5-6,9-10,13-15H2,1-4H3,(H,31,36)/t18-/m0/s1. The summed E-state index contributed by atoms with van der Waals surface area (Å²) in [4.78, 5) is 37.2. The number of benzene rings is 1. The predicted octanol–water partition coefficient (Wildman–Crippen LogP) is 5.88. The number of halogens is 3. The van der Waals surface area contributed by atoms with Crippen molar-refractivity contribution in [3.05, 3.63) is 41.6 Å². The van der Waals surface area contributed by atoms with Crippen LogP contribution in [-0.4, -0.2) is 39.1 Å². The lowest BCUT2D eigenvalue weighted by Crippen LogP contribution is -2.38. The summed E-state index contributed by atoms with van der Waals surface area (Å²) in [6.45, 7) is 6.60. The van der Waals surface area contributed by atoms with Crippen molar-refractivity contribution >= 4 is 17.7 Å². The number of rotatable bonds is 9. The number of carbonyl (C=O) groups is 3. The van der Waals surface area contributed by atoms with Gasteiger partial charge in [0.25, 0.3) is 5.91 Å². The first-order valence-corrected chi connectivity index (χ1v) is 12.5. The molecule has 1 saturated carbocycles. The van der Waals surface area contributed by atoms with E-state index in [1.54, 1.807) is 20.8 Å². The first-order valence-electron chi connectivity index (χ1n) is 12.5. The van der Waals surface area contributed by atoms with Crippen LogP contribution >= 0.6 is 0 Å². The molecular formula is C27H34F3N3O4. The second-order valence-corrected chi connectivity index (χ2v) is 10.5. The van der Waals surface area contributed by atoms with E-state index in [1.807, 2.05) is 0 Å². The first-order chi connectivity index (χ1) is 17.2. The Labute approximate surface area is 214 Å². The van der Waals surface area contributed by atoms with Gasteiger partial charge < -0.3 is 14.8 Å². The molecule has 1 atom stereocenters. The first kappa shape index (κ1) is 28.4. The fourth-order valence-electron chi connectivity index (χ4n) is 4.53. The van der Waals surface area contributed by atoms with E-state index in [0.717, 1.165) is 31.7 Å². The highest BCUT2D eigenvalue weighted by molar-refractivity contribution is 5.94. The number of hydrogen-bond donors (Lipinski definition) is 1.